The highest BCUT2D eigenvalue weighted by Crippen LogP contribution is 2.46. The van der Waals surface area contributed by atoms with Crippen LogP contribution in [0.15, 0.2) is 200 Å². The van der Waals surface area contributed by atoms with Crippen LogP contribution in [0.3, 0.4) is 0 Å². The molecule has 4 heteroatoms. The summed E-state index contributed by atoms with van der Waals surface area (Å²) < 4.78 is 4.91. The van der Waals surface area contributed by atoms with E-state index in [1.165, 1.54) is 69.1 Å². The molecule has 0 bridgehead atoms. The summed E-state index contributed by atoms with van der Waals surface area (Å²) in [5, 5.41) is 9.97. The highest BCUT2D eigenvalue weighted by atomic mass is 32.1. The number of thiophene rings is 1. The Morgan fingerprint density at radius 3 is 1.83 bits per heavy atom. The Hall–Kier alpha value is -7.40. The standard InChI is InChI=1S/C54H33N3S/c1-3-13-34(14-4-1)37-18-11-19-39(31-37)49-33-48(36-16-5-2-6-17-36)55-54(56-49)47-23-12-22-45-46-30-29-44-43-21-9-10-24-50(43)57(51(44)53(46)58-52(45)47)40-27-28-42-38(32-40)26-25-35-15-7-8-20-41(35)42/h1-33H. The lowest BCUT2D eigenvalue weighted by Crippen LogP contribution is -1.96. The van der Waals surface area contributed by atoms with Crippen molar-refractivity contribution in [3.63, 3.8) is 0 Å². The van der Waals surface area contributed by atoms with Crippen LogP contribution in [-0.2, 0) is 0 Å². The summed E-state index contributed by atoms with van der Waals surface area (Å²) >= 11 is 1.84. The molecule has 58 heavy (non-hydrogen) atoms. The first-order valence-corrected chi connectivity index (χ1v) is 20.5. The van der Waals surface area contributed by atoms with Gasteiger partial charge in [-0.1, -0.05) is 164 Å². The van der Waals surface area contributed by atoms with Gasteiger partial charge in [-0.3, -0.25) is 0 Å². The van der Waals surface area contributed by atoms with Gasteiger partial charge in [0.05, 0.1) is 27.1 Å². The minimum Gasteiger partial charge on any atom is -0.308 e. The minimum atomic E-state index is 0.720. The van der Waals surface area contributed by atoms with E-state index in [0.29, 0.717) is 0 Å². The van der Waals surface area contributed by atoms with Crippen LogP contribution in [0.4, 0.5) is 0 Å². The summed E-state index contributed by atoms with van der Waals surface area (Å²) in [7, 11) is 0. The van der Waals surface area contributed by atoms with Crippen LogP contribution < -0.4 is 0 Å². The zero-order chi connectivity index (χ0) is 38.2. The van der Waals surface area contributed by atoms with Crippen molar-refractivity contribution in [3.8, 4) is 50.7 Å². The third-order valence-corrected chi connectivity index (χ3v) is 12.8. The molecule has 0 N–H and O–H groups in total. The second-order valence-electron chi connectivity index (χ2n) is 14.9. The van der Waals surface area contributed by atoms with Gasteiger partial charge in [0, 0.05) is 48.6 Å². The molecule has 0 atom stereocenters. The fourth-order valence-corrected chi connectivity index (χ4v) is 10.2. The summed E-state index contributed by atoms with van der Waals surface area (Å²) in [6, 6.07) is 71.9. The van der Waals surface area contributed by atoms with Gasteiger partial charge < -0.3 is 4.57 Å². The lowest BCUT2D eigenvalue weighted by atomic mass is 10.0. The van der Waals surface area contributed by atoms with Gasteiger partial charge in [0.2, 0.25) is 0 Å². The average molecular weight is 756 g/mol. The van der Waals surface area contributed by atoms with E-state index in [4.69, 9.17) is 9.97 Å². The lowest BCUT2D eigenvalue weighted by Gasteiger charge is -2.11. The zero-order valence-electron chi connectivity index (χ0n) is 31.3. The molecule has 0 aliphatic rings. The van der Waals surface area contributed by atoms with E-state index in [-0.39, 0.29) is 0 Å². The number of nitrogens with zero attached hydrogens (tertiary/aromatic N) is 3. The van der Waals surface area contributed by atoms with Crippen LogP contribution in [0.2, 0.25) is 0 Å². The summed E-state index contributed by atoms with van der Waals surface area (Å²) in [5.74, 6) is 0.720. The number of fused-ring (bicyclic) bond motifs is 10. The van der Waals surface area contributed by atoms with Crippen LogP contribution in [-0.4, -0.2) is 14.5 Å². The van der Waals surface area contributed by atoms with Crippen LogP contribution >= 0.6 is 11.3 Å². The summed E-state index contributed by atoms with van der Waals surface area (Å²) in [6.45, 7) is 0. The molecule has 0 fully saturated rings. The second-order valence-corrected chi connectivity index (χ2v) is 16.0. The molecule has 12 aromatic rings. The number of hydrogen-bond donors (Lipinski definition) is 0. The van der Waals surface area contributed by atoms with Crippen molar-refractivity contribution in [1.82, 2.24) is 14.5 Å². The Bertz CT molecular complexity index is 3560. The van der Waals surface area contributed by atoms with E-state index in [0.717, 1.165) is 45.2 Å². The third kappa shape index (κ3) is 5.19. The highest BCUT2D eigenvalue weighted by molar-refractivity contribution is 7.27. The quantitative estimate of drug-likeness (QED) is 0.164. The molecule has 12 rings (SSSR count). The van der Waals surface area contributed by atoms with Gasteiger partial charge in [0.25, 0.3) is 0 Å². The first kappa shape index (κ1) is 32.8. The summed E-state index contributed by atoms with van der Waals surface area (Å²) in [5.41, 5.74) is 10.9. The molecule has 0 unspecified atom stereocenters. The maximum absolute atomic E-state index is 5.36. The van der Waals surface area contributed by atoms with Gasteiger partial charge in [0.15, 0.2) is 5.82 Å². The van der Waals surface area contributed by atoms with E-state index in [1.54, 1.807) is 0 Å². The van der Waals surface area contributed by atoms with E-state index >= 15 is 0 Å². The number of rotatable bonds is 5. The van der Waals surface area contributed by atoms with E-state index in [2.05, 4.69) is 199 Å². The Balaban J connectivity index is 1.09. The van der Waals surface area contributed by atoms with Gasteiger partial charge in [-0.15, -0.1) is 11.3 Å². The molecule has 0 aliphatic heterocycles. The topological polar surface area (TPSA) is 30.7 Å². The minimum absolute atomic E-state index is 0.720. The smallest absolute Gasteiger partial charge is 0.161 e. The Labute approximate surface area is 338 Å². The van der Waals surface area contributed by atoms with Crippen molar-refractivity contribution < 1.29 is 0 Å². The van der Waals surface area contributed by atoms with Crippen molar-refractivity contribution in [2.45, 2.75) is 0 Å². The van der Waals surface area contributed by atoms with Crippen molar-refractivity contribution in [2.24, 2.45) is 0 Å². The first-order valence-electron chi connectivity index (χ1n) is 19.7. The van der Waals surface area contributed by atoms with Crippen molar-refractivity contribution in [2.75, 3.05) is 0 Å². The molecule has 3 aromatic heterocycles. The van der Waals surface area contributed by atoms with Crippen LogP contribution in [0, 0.1) is 0 Å². The molecule has 3 heterocycles. The molecular weight excluding hydrogens is 723 g/mol. The molecule has 0 spiro atoms. The molecule has 0 saturated heterocycles. The van der Waals surface area contributed by atoms with Crippen LogP contribution in [0.5, 0.6) is 0 Å². The lowest BCUT2D eigenvalue weighted by molar-refractivity contribution is 1.19. The predicted octanol–water partition coefficient (Wildman–Crippen LogP) is 14.9. The fraction of sp³-hybridized carbons (Fsp3) is 0. The Morgan fingerprint density at radius 1 is 0.362 bits per heavy atom. The number of aromatic nitrogens is 3. The van der Waals surface area contributed by atoms with Gasteiger partial charge in [-0.25, -0.2) is 9.97 Å². The normalized spacial score (nSPS) is 11.8. The number of para-hydroxylation sites is 1. The molecule has 0 saturated carbocycles. The SMILES string of the molecule is c1ccc(-c2cccc(-c3cc(-c4ccccc4)nc(-c4cccc5c4sc4c5ccc5c6ccccc6n(-c6ccc7c(ccc8ccccc87)c6)c54)n3)c2)cc1. The largest absolute Gasteiger partial charge is 0.308 e. The van der Waals surface area contributed by atoms with Crippen molar-refractivity contribution in [3.05, 3.63) is 200 Å². The first-order chi connectivity index (χ1) is 28.7. The van der Waals surface area contributed by atoms with Gasteiger partial charge in [-0.05, 0) is 69.1 Å². The molecular formula is C54H33N3S. The Kier molecular flexibility index (Phi) is 7.40. The van der Waals surface area contributed by atoms with Gasteiger partial charge in [-0.2, -0.15) is 0 Å². The molecule has 0 radical (unpaired) electrons. The highest BCUT2D eigenvalue weighted by Gasteiger charge is 2.21. The second kappa shape index (κ2) is 13.1. The molecule has 0 aliphatic carbocycles. The molecule has 0 amide bonds. The van der Waals surface area contributed by atoms with Crippen molar-refractivity contribution >= 4 is 74.9 Å². The maximum atomic E-state index is 5.36. The van der Waals surface area contributed by atoms with E-state index in [9.17, 15) is 0 Å². The van der Waals surface area contributed by atoms with Crippen LogP contribution in [0.1, 0.15) is 0 Å². The molecule has 9 aromatic carbocycles. The predicted molar refractivity (Wildman–Crippen MR) is 246 cm³/mol. The summed E-state index contributed by atoms with van der Waals surface area (Å²) in [4.78, 5) is 10.7. The zero-order valence-corrected chi connectivity index (χ0v) is 32.1. The maximum Gasteiger partial charge on any atom is 0.161 e. The molecule has 3 nitrogen and oxygen atoms in total. The van der Waals surface area contributed by atoms with E-state index in [1.807, 2.05) is 17.4 Å². The summed E-state index contributed by atoms with van der Waals surface area (Å²) in [6.07, 6.45) is 0. The Morgan fingerprint density at radius 2 is 0.966 bits per heavy atom. The monoisotopic (exact) mass is 755 g/mol. The molecule has 270 valence electrons. The van der Waals surface area contributed by atoms with Gasteiger partial charge >= 0.3 is 0 Å². The average Bonchev–Trinajstić information content (AvgIpc) is 3.85. The van der Waals surface area contributed by atoms with Gasteiger partial charge in [0.1, 0.15) is 0 Å². The number of benzene rings is 9. The fourth-order valence-electron chi connectivity index (χ4n) is 8.85. The third-order valence-electron chi connectivity index (χ3n) is 11.6. The van der Waals surface area contributed by atoms with Crippen molar-refractivity contribution in [1.29, 1.82) is 0 Å². The van der Waals surface area contributed by atoms with E-state index < -0.39 is 0 Å². The van der Waals surface area contributed by atoms with Crippen LogP contribution in [0.25, 0.3) is 114 Å². The number of hydrogen-bond acceptors (Lipinski definition) is 3.